The summed E-state index contributed by atoms with van der Waals surface area (Å²) in [6, 6.07) is 0. The van der Waals surface area contributed by atoms with Gasteiger partial charge in [0.1, 0.15) is 0 Å². The molecule has 0 N–H and O–H groups in total. The van der Waals surface area contributed by atoms with E-state index < -0.39 is 0 Å². The summed E-state index contributed by atoms with van der Waals surface area (Å²) in [4.78, 5) is 0. The van der Waals surface area contributed by atoms with E-state index in [9.17, 15) is 0 Å². The third-order valence-electron chi connectivity index (χ3n) is 3.95. The van der Waals surface area contributed by atoms with Gasteiger partial charge in [-0.3, -0.25) is 0 Å². The molecule has 0 aromatic carbocycles. The molecule has 0 bridgehead atoms. The second-order valence-corrected chi connectivity index (χ2v) is 5.88. The second-order valence-electron chi connectivity index (χ2n) is 5.88. The largest absolute Gasteiger partial charge is 0.0856 e. The average molecular weight is 263 g/mol. The monoisotopic (exact) mass is 263 g/mol. The normalized spacial score (nSPS) is 14.8. The molecule has 0 saturated heterocycles. The van der Waals surface area contributed by atoms with Crippen LogP contribution in [0.15, 0.2) is 23.3 Å². The van der Waals surface area contributed by atoms with Crippen molar-refractivity contribution in [1.29, 1.82) is 0 Å². The van der Waals surface area contributed by atoms with Crippen LogP contribution in [-0.4, -0.2) is 0 Å². The molecule has 111 valence electrons. The van der Waals surface area contributed by atoms with Gasteiger partial charge >= 0.3 is 0 Å². The van der Waals surface area contributed by atoms with Gasteiger partial charge in [0.15, 0.2) is 0 Å². The standard InChI is InChI=1S/C19H35/c1-6-17(3)13-10-8-9-11-14-19(5)16-12-15-18(4)7-2/h13-15,19H,6-12,16H2,1-5H3. The summed E-state index contributed by atoms with van der Waals surface area (Å²) in [5.41, 5.74) is 3.07. The molecule has 1 unspecified atom stereocenters. The maximum atomic E-state index is 2.52. The molecule has 0 amide bonds. The molecule has 0 aromatic heterocycles. The summed E-state index contributed by atoms with van der Waals surface area (Å²) >= 11 is 0. The van der Waals surface area contributed by atoms with Crippen molar-refractivity contribution in [2.75, 3.05) is 0 Å². The van der Waals surface area contributed by atoms with Crippen LogP contribution < -0.4 is 0 Å². The van der Waals surface area contributed by atoms with Crippen molar-refractivity contribution < 1.29 is 0 Å². The molecule has 0 saturated carbocycles. The fraction of sp³-hybridized carbons (Fsp3) is 0.737. The molecule has 1 radical (unpaired) electrons. The molecule has 0 spiro atoms. The van der Waals surface area contributed by atoms with E-state index >= 15 is 0 Å². The second kappa shape index (κ2) is 12.5. The fourth-order valence-corrected chi connectivity index (χ4v) is 2.04. The van der Waals surface area contributed by atoms with Crippen molar-refractivity contribution in [1.82, 2.24) is 0 Å². The van der Waals surface area contributed by atoms with Crippen LogP contribution in [-0.2, 0) is 0 Å². The van der Waals surface area contributed by atoms with Crippen LogP contribution in [0, 0.1) is 12.3 Å². The van der Waals surface area contributed by atoms with E-state index in [1.807, 2.05) is 0 Å². The first-order valence-corrected chi connectivity index (χ1v) is 8.24. The fourth-order valence-electron chi connectivity index (χ4n) is 2.04. The van der Waals surface area contributed by atoms with E-state index in [4.69, 9.17) is 0 Å². The van der Waals surface area contributed by atoms with E-state index in [0.717, 1.165) is 5.92 Å². The van der Waals surface area contributed by atoms with Crippen molar-refractivity contribution >= 4 is 0 Å². The van der Waals surface area contributed by atoms with Crippen LogP contribution in [0.25, 0.3) is 0 Å². The van der Waals surface area contributed by atoms with E-state index in [2.05, 4.69) is 53.2 Å². The highest BCUT2D eigenvalue weighted by atomic mass is 14.1. The summed E-state index contributed by atoms with van der Waals surface area (Å²) < 4.78 is 0. The van der Waals surface area contributed by atoms with Crippen LogP contribution in [0.2, 0.25) is 0 Å². The number of hydrogen-bond donors (Lipinski definition) is 0. The summed E-state index contributed by atoms with van der Waals surface area (Å²) in [5.74, 6) is 0.772. The van der Waals surface area contributed by atoms with Gasteiger partial charge in [-0.05, 0) is 71.1 Å². The SMILES string of the molecule is CCC(C)=CCCCC[CH]C(C)CCC=C(C)CC. The van der Waals surface area contributed by atoms with E-state index in [0.29, 0.717) is 0 Å². The first-order valence-electron chi connectivity index (χ1n) is 8.24. The minimum absolute atomic E-state index is 0.772. The van der Waals surface area contributed by atoms with Crippen molar-refractivity contribution in [3.63, 3.8) is 0 Å². The van der Waals surface area contributed by atoms with E-state index in [1.165, 1.54) is 62.5 Å². The molecule has 0 aliphatic rings. The quantitative estimate of drug-likeness (QED) is 0.281. The number of unbranched alkanes of at least 4 members (excludes halogenated alkanes) is 3. The highest BCUT2D eigenvalue weighted by Gasteiger charge is 2.01. The van der Waals surface area contributed by atoms with Gasteiger partial charge in [-0.2, -0.15) is 0 Å². The Bertz CT molecular complexity index is 257. The van der Waals surface area contributed by atoms with Gasteiger partial charge in [0.2, 0.25) is 0 Å². The predicted octanol–water partition coefficient (Wildman–Crippen LogP) is 6.88. The first kappa shape index (κ1) is 18.5. The van der Waals surface area contributed by atoms with Gasteiger partial charge in [0.25, 0.3) is 0 Å². The lowest BCUT2D eigenvalue weighted by Gasteiger charge is -2.09. The summed E-state index contributed by atoms with van der Waals surface area (Å²) in [5, 5.41) is 0. The molecular formula is C19H35. The number of rotatable bonds is 11. The Kier molecular flexibility index (Phi) is 12.2. The van der Waals surface area contributed by atoms with Crippen LogP contribution in [0.4, 0.5) is 0 Å². The van der Waals surface area contributed by atoms with Gasteiger partial charge in [0.05, 0.1) is 0 Å². The van der Waals surface area contributed by atoms with Crippen LogP contribution in [0.5, 0.6) is 0 Å². The van der Waals surface area contributed by atoms with Gasteiger partial charge < -0.3 is 0 Å². The highest BCUT2D eigenvalue weighted by Crippen LogP contribution is 2.16. The van der Waals surface area contributed by atoms with Crippen molar-refractivity contribution in [2.24, 2.45) is 5.92 Å². The third kappa shape index (κ3) is 12.3. The minimum atomic E-state index is 0.772. The molecule has 0 nitrogen and oxygen atoms in total. The van der Waals surface area contributed by atoms with Gasteiger partial charge in [-0.1, -0.05) is 50.5 Å². The number of allylic oxidation sites excluding steroid dienone is 4. The van der Waals surface area contributed by atoms with Crippen LogP contribution in [0.1, 0.15) is 86.0 Å². The Labute approximate surface area is 122 Å². The topological polar surface area (TPSA) is 0 Å². The molecule has 0 aromatic rings. The molecule has 0 heteroatoms. The first-order chi connectivity index (χ1) is 9.10. The predicted molar refractivity (Wildman–Crippen MR) is 89.3 cm³/mol. The summed E-state index contributed by atoms with van der Waals surface area (Å²) in [6.07, 6.45) is 17.5. The maximum absolute atomic E-state index is 2.52. The molecule has 0 aliphatic carbocycles. The molecule has 0 heterocycles. The van der Waals surface area contributed by atoms with Crippen LogP contribution in [0.3, 0.4) is 0 Å². The van der Waals surface area contributed by atoms with Crippen molar-refractivity contribution in [2.45, 2.75) is 86.0 Å². The van der Waals surface area contributed by atoms with Gasteiger partial charge in [0, 0.05) is 0 Å². The Balaban J connectivity index is 3.46. The van der Waals surface area contributed by atoms with Crippen molar-refractivity contribution in [3.8, 4) is 0 Å². The zero-order chi connectivity index (χ0) is 14.5. The molecule has 0 fully saturated rings. The third-order valence-corrected chi connectivity index (χ3v) is 3.95. The van der Waals surface area contributed by atoms with E-state index in [1.54, 1.807) is 0 Å². The summed E-state index contributed by atoms with van der Waals surface area (Å²) in [6.45, 7) is 11.3. The maximum Gasteiger partial charge on any atom is -0.0346 e. The molecule has 0 aliphatic heterocycles. The highest BCUT2D eigenvalue weighted by molar-refractivity contribution is 4.97. The van der Waals surface area contributed by atoms with Gasteiger partial charge in [-0.25, -0.2) is 0 Å². The lowest BCUT2D eigenvalue weighted by Crippen LogP contribution is -1.95. The minimum Gasteiger partial charge on any atom is -0.0856 e. The lowest BCUT2D eigenvalue weighted by atomic mass is 9.97. The Morgan fingerprint density at radius 1 is 0.842 bits per heavy atom. The zero-order valence-electron chi connectivity index (χ0n) is 14.0. The molecule has 1 atom stereocenters. The van der Waals surface area contributed by atoms with Crippen LogP contribution >= 0.6 is 0 Å². The smallest absolute Gasteiger partial charge is 0.0346 e. The Morgan fingerprint density at radius 3 is 1.95 bits per heavy atom. The zero-order valence-corrected chi connectivity index (χ0v) is 14.0. The van der Waals surface area contributed by atoms with E-state index in [-0.39, 0.29) is 0 Å². The molecule has 19 heavy (non-hydrogen) atoms. The molecule has 0 rings (SSSR count). The molecular weight excluding hydrogens is 228 g/mol. The lowest BCUT2D eigenvalue weighted by molar-refractivity contribution is 0.570. The van der Waals surface area contributed by atoms with Gasteiger partial charge in [-0.15, -0.1) is 0 Å². The Hall–Kier alpha value is -0.520. The Morgan fingerprint density at radius 2 is 1.37 bits per heavy atom. The van der Waals surface area contributed by atoms with Crippen molar-refractivity contribution in [3.05, 3.63) is 29.7 Å². The number of hydrogen-bond acceptors (Lipinski definition) is 0. The summed E-state index contributed by atoms with van der Waals surface area (Å²) in [7, 11) is 0. The average Bonchev–Trinajstić information content (AvgIpc) is 2.41.